The largest absolute Gasteiger partial charge is 0.674 e. The molecule has 4 amide bonds. The number of fused-ring (bicyclic) bond motifs is 4. The average molecular weight is 1300 g/mol. The third-order valence-corrected chi connectivity index (χ3v) is 15.3. The molecule has 13 N–H and O–H groups in total. The van der Waals surface area contributed by atoms with Crippen LogP contribution < -0.4 is 42.9 Å². The number of nitrogens with two attached hydrogens (primary N) is 3. The summed E-state index contributed by atoms with van der Waals surface area (Å²) in [6, 6.07) is 1.32. The van der Waals surface area contributed by atoms with Crippen molar-refractivity contribution >= 4 is 55.2 Å². The van der Waals surface area contributed by atoms with Crippen molar-refractivity contribution < 1.29 is 104 Å². The van der Waals surface area contributed by atoms with Gasteiger partial charge in [-0.05, 0) is 87.0 Å². The van der Waals surface area contributed by atoms with Crippen molar-refractivity contribution in [3.8, 4) is 11.5 Å². The van der Waals surface area contributed by atoms with Crippen LogP contribution in [0.2, 0.25) is 0 Å². The van der Waals surface area contributed by atoms with Gasteiger partial charge in [-0.3, -0.25) is 19.2 Å². The van der Waals surface area contributed by atoms with Gasteiger partial charge in [0.05, 0.1) is 65.8 Å². The number of phenols is 2. The zero-order chi connectivity index (χ0) is 68.8. The number of rotatable bonds is 13. The minimum atomic E-state index is -3.15. The van der Waals surface area contributed by atoms with Gasteiger partial charge in [0.1, 0.15) is 18.0 Å². The Hall–Kier alpha value is -7.46. The smallest absolute Gasteiger partial charge is 0.479 e. The monoisotopic (exact) mass is 1300 g/mol. The Kier molecular flexibility index (Phi) is 35.4. The predicted molar refractivity (Wildman–Crippen MR) is 338 cm³/mol. The number of anilines is 1. The quantitative estimate of drug-likeness (QED) is 0.0185. The van der Waals surface area contributed by atoms with E-state index in [0.29, 0.717) is 53.8 Å². The van der Waals surface area contributed by atoms with Crippen molar-refractivity contribution in [2.45, 2.75) is 143 Å². The fourth-order valence-corrected chi connectivity index (χ4v) is 10.2. The molecule has 4 bridgehead atoms. The highest BCUT2D eigenvalue weighted by molar-refractivity contribution is 7.30. The van der Waals surface area contributed by atoms with E-state index in [0.717, 1.165) is 6.08 Å². The number of phenolic OH excluding ortho intramolecular Hbond substituents is 2. The van der Waals surface area contributed by atoms with E-state index in [1.165, 1.54) is 34.5 Å². The first-order valence-corrected chi connectivity index (χ1v) is 30.5. The van der Waals surface area contributed by atoms with Gasteiger partial charge in [0.15, 0.2) is 11.4 Å². The van der Waals surface area contributed by atoms with Gasteiger partial charge in [0, 0.05) is 89.9 Å². The molecule has 1 aromatic carbocycles. The van der Waals surface area contributed by atoms with Gasteiger partial charge >= 0.3 is 20.4 Å². The van der Waals surface area contributed by atoms with Crippen molar-refractivity contribution in [2.75, 3.05) is 46.8 Å². The highest BCUT2D eigenvalue weighted by Crippen LogP contribution is 2.41. The molecule has 3 aliphatic rings. The zero-order valence-corrected chi connectivity index (χ0v) is 54.8. The van der Waals surface area contributed by atoms with Crippen LogP contribution >= 0.6 is 8.25 Å². The topological polar surface area (TPSA) is 416 Å². The van der Waals surface area contributed by atoms with E-state index in [1.54, 1.807) is 87.7 Å². The zero-order valence-electron chi connectivity index (χ0n) is 53.9. The number of ketones is 2. The third kappa shape index (κ3) is 26.4. The number of aliphatic hydroxyl groups excluding tert-OH is 2. The number of quaternary nitrogens is 1. The van der Waals surface area contributed by atoms with Crippen LogP contribution in [0.1, 0.15) is 94.5 Å². The number of hydrogen-bond acceptors (Lipinski definition) is 21. The molecule has 0 radical (unpaired) electrons. The standard InChI is InChI=1S/C32H47N3O8.C32H45N3O8.HO4P.H2/c2*1-8-12-34-28-23-13-18(2)14-27(42-7)29(37)21(5)15-20(4)26(43-32(33)40)16-22(41-6)11-9-10-19(3)31(39)35-24(30(23)38)17-25(28)36;1-4-5(2)3;/h8-11,15,17-18,21-22,26-27,29,34,36-38H,1,12-14,16H2,2-7H3,(H2,33,40)(H,35,39);8-11,15,17-18,21-22,26-27,29,34,37H,1,12-14,16H2,2-7H3,(H2,33,40)(H,35,39);1H;1H/b2*11-9-,19-10+,20-15+;;/t2*18-,21+,22+,26-,27+,29-;;/m11../s1. The van der Waals surface area contributed by atoms with Crippen molar-refractivity contribution in [1.29, 1.82) is 0 Å². The molecule has 91 heavy (non-hydrogen) atoms. The van der Waals surface area contributed by atoms with Gasteiger partial charge in [0.2, 0.25) is 11.6 Å². The van der Waals surface area contributed by atoms with E-state index in [4.69, 9.17) is 54.6 Å². The summed E-state index contributed by atoms with van der Waals surface area (Å²) in [5.74, 6) is -3.27. The average Bonchev–Trinajstić information content (AvgIpc) is 0.883. The molecule has 2 aliphatic heterocycles. The van der Waals surface area contributed by atoms with Crippen molar-refractivity contribution in [3.63, 3.8) is 0 Å². The van der Waals surface area contributed by atoms with E-state index in [-0.39, 0.29) is 84.7 Å². The van der Waals surface area contributed by atoms with Crippen LogP contribution in [0, 0.1) is 23.7 Å². The number of hydrogen-bond donors (Lipinski definition) is 10. The second kappa shape index (κ2) is 40.4. The molecule has 26 nitrogen and oxygen atoms in total. The van der Waals surface area contributed by atoms with Crippen LogP contribution in [0.4, 0.5) is 21.0 Å². The minimum absolute atomic E-state index is 0. The summed E-state index contributed by atoms with van der Waals surface area (Å²) in [4.78, 5) is 84.9. The van der Waals surface area contributed by atoms with E-state index in [2.05, 4.69) is 33.8 Å². The fourth-order valence-electron chi connectivity index (χ4n) is 10.2. The van der Waals surface area contributed by atoms with Gasteiger partial charge in [-0.2, -0.15) is 0 Å². The Labute approximate surface area is 534 Å². The molecule has 506 valence electrons. The highest BCUT2D eigenvalue weighted by Gasteiger charge is 2.34. The molecule has 1 unspecified atom stereocenters. The summed E-state index contributed by atoms with van der Waals surface area (Å²) in [5.41, 5.74) is 13.9. The number of aliphatic hydroxyl groups is 2. The molecule has 1 aromatic rings. The van der Waals surface area contributed by atoms with Crippen LogP contribution in [-0.2, 0) is 63.3 Å². The number of methoxy groups -OCH3 is 4. The summed E-state index contributed by atoms with van der Waals surface area (Å²) < 4.78 is 44.6. The number of primary amides is 2. The number of aromatic hydroxyl groups is 2. The van der Waals surface area contributed by atoms with Crippen LogP contribution in [-0.4, -0.2) is 146 Å². The number of amides is 4. The molecule has 13 atom stereocenters. The predicted octanol–water partition coefficient (Wildman–Crippen LogP) is 4.80. The normalized spacial score (nSPS) is 29.3. The van der Waals surface area contributed by atoms with Gasteiger partial charge in [-0.1, -0.05) is 89.0 Å². The van der Waals surface area contributed by atoms with E-state index in [1.807, 2.05) is 33.8 Å². The molecule has 0 fully saturated rings. The highest BCUT2D eigenvalue weighted by atomic mass is 31.1. The summed E-state index contributed by atoms with van der Waals surface area (Å²) in [6.07, 6.45) is 12.2. The second-order valence-electron chi connectivity index (χ2n) is 22.4. The lowest BCUT2D eigenvalue weighted by Crippen LogP contribution is -2.78. The maximum absolute atomic E-state index is 13.6. The number of allylic oxidation sites excluding steroid dienone is 6. The number of carbonyl (C=O) groups excluding carboxylic acids is 6. The molecular formula is C64H95N6O20P. The van der Waals surface area contributed by atoms with Crippen LogP contribution in [0.3, 0.4) is 0 Å². The number of Topliss-reactive ketones (excluding diaryl/α,β-unsaturated/α-hetero) is 1. The van der Waals surface area contributed by atoms with Crippen molar-refractivity contribution in [2.24, 2.45) is 35.1 Å². The molecule has 0 saturated heterocycles. The molecule has 0 saturated carbocycles. The molecule has 1 aliphatic carbocycles. The summed E-state index contributed by atoms with van der Waals surface area (Å²) in [6.45, 7) is 22.4. The number of carbonyl (C=O) groups is 6. The lowest BCUT2D eigenvalue weighted by atomic mass is 9.85. The molecular weight excluding hydrogens is 1200 g/mol. The maximum atomic E-state index is 13.6. The lowest BCUT2D eigenvalue weighted by Gasteiger charge is -2.29. The van der Waals surface area contributed by atoms with Crippen LogP contribution in [0.15, 0.2) is 125 Å². The Morgan fingerprint density at radius 1 is 0.758 bits per heavy atom. The Balaban J connectivity index is 0.000000847. The van der Waals surface area contributed by atoms with E-state index < -0.39 is 98.6 Å². The van der Waals surface area contributed by atoms with E-state index in [9.17, 15) is 49.2 Å². The number of nitrogens with one attached hydrogen (secondary N) is 3. The molecule has 4 rings (SSSR count). The molecule has 2 heterocycles. The van der Waals surface area contributed by atoms with Gasteiger partial charge in [-0.15, -0.1) is 6.58 Å². The Bertz CT molecular complexity index is 2980. The fraction of sp³-hybridized carbons (Fsp3) is 0.500. The molecule has 27 heteroatoms. The minimum Gasteiger partial charge on any atom is -0.674 e. The van der Waals surface area contributed by atoms with Crippen LogP contribution in [0.25, 0.3) is 0 Å². The van der Waals surface area contributed by atoms with Crippen LogP contribution in [0.5, 0.6) is 11.5 Å². The Morgan fingerprint density at radius 2 is 1.22 bits per heavy atom. The van der Waals surface area contributed by atoms with Gasteiger partial charge in [-0.25, -0.2) is 14.3 Å². The first-order chi connectivity index (χ1) is 42.9. The number of ether oxygens (including phenoxy) is 6. The summed E-state index contributed by atoms with van der Waals surface area (Å²) in [5, 5.41) is 63.2. The lowest BCUT2D eigenvalue weighted by molar-refractivity contribution is -0.644. The number of benzene rings is 1. The van der Waals surface area contributed by atoms with Crippen molar-refractivity contribution in [1.82, 2.24) is 10.6 Å². The third-order valence-electron chi connectivity index (χ3n) is 15.2. The first-order valence-electron chi connectivity index (χ1n) is 29.4. The first kappa shape index (κ1) is 79.6. The second-order valence-corrected chi connectivity index (χ2v) is 23.0. The van der Waals surface area contributed by atoms with E-state index >= 15 is 0 Å². The van der Waals surface area contributed by atoms with Crippen molar-refractivity contribution in [3.05, 3.63) is 131 Å². The SMILES string of the molecule is C=CCNC1=C2C[C@@H](C)C[C@H](OC)[C@H](O)[C@@H](C)/C=C(\C)[C@H](OC(N)=O)C[C@@H](OC)/C=C\C=C(/C)C(=O)NC(=CC1=O)C2=O.C=CC[NH2+]c1c(O)cc2c(O)c1C[C@@H](C)C[C@H](OC)[C@H](O)[C@@H](C)/C=C(\C)[C@H](OC(N)=O)C[C@@H](OC)/C=C\C=C(/C)C(=O)N2.O=[P+]([O-])O[O-].[HH]. The summed E-state index contributed by atoms with van der Waals surface area (Å²) in [7, 11) is 2.87. The molecule has 0 aromatic heterocycles. The van der Waals surface area contributed by atoms with Gasteiger partial charge in [0.25, 0.3) is 11.8 Å². The van der Waals surface area contributed by atoms with Gasteiger partial charge < -0.3 is 91.7 Å². The Morgan fingerprint density at radius 3 is 1.64 bits per heavy atom. The maximum Gasteiger partial charge on any atom is 0.479 e. The molecule has 0 spiro atoms. The summed E-state index contributed by atoms with van der Waals surface area (Å²) >= 11 is 0.